The zero-order valence-electron chi connectivity index (χ0n) is 10.6. The van der Waals surface area contributed by atoms with E-state index in [0.29, 0.717) is 17.2 Å². The second-order valence-electron chi connectivity index (χ2n) is 4.43. The van der Waals surface area contributed by atoms with E-state index in [0.717, 1.165) is 23.4 Å². The van der Waals surface area contributed by atoms with Crippen molar-refractivity contribution in [2.24, 2.45) is 0 Å². The van der Waals surface area contributed by atoms with E-state index in [9.17, 15) is 13.2 Å². The lowest BCUT2D eigenvalue weighted by Gasteiger charge is -2.08. The van der Waals surface area contributed by atoms with Crippen LogP contribution in [0.4, 0.5) is 18.3 Å². The molecule has 0 amide bonds. The van der Waals surface area contributed by atoms with Gasteiger partial charge in [0, 0.05) is 13.1 Å². The van der Waals surface area contributed by atoms with Gasteiger partial charge in [-0.15, -0.1) is 0 Å². The molecule has 0 spiro atoms. The molecule has 0 saturated carbocycles. The lowest BCUT2D eigenvalue weighted by molar-refractivity contribution is -0.137. The summed E-state index contributed by atoms with van der Waals surface area (Å²) in [7, 11) is 3.91. The van der Waals surface area contributed by atoms with Crippen LogP contribution in [0.5, 0.6) is 0 Å². The average Bonchev–Trinajstić information content (AvgIpc) is 2.68. The molecular formula is C12H14F3N3S. The third kappa shape index (κ3) is 3.57. The van der Waals surface area contributed by atoms with Crippen LogP contribution in [0.25, 0.3) is 10.2 Å². The van der Waals surface area contributed by atoms with E-state index in [1.807, 2.05) is 19.0 Å². The molecule has 0 aliphatic heterocycles. The van der Waals surface area contributed by atoms with Gasteiger partial charge in [-0.25, -0.2) is 4.98 Å². The lowest BCUT2D eigenvalue weighted by Crippen LogP contribution is -2.20. The molecule has 0 saturated heterocycles. The largest absolute Gasteiger partial charge is 0.416 e. The first-order chi connectivity index (χ1) is 8.86. The number of aromatic nitrogens is 1. The van der Waals surface area contributed by atoms with Gasteiger partial charge >= 0.3 is 6.18 Å². The maximum absolute atomic E-state index is 12.6. The molecule has 0 atom stereocenters. The standard InChI is InChI=1S/C12H14F3N3S/c1-18(2)6-5-16-11-17-9-7-8(12(13,14)15)3-4-10(9)19-11/h3-4,7H,5-6H2,1-2H3,(H,16,17). The van der Waals surface area contributed by atoms with E-state index < -0.39 is 11.7 Å². The van der Waals surface area contributed by atoms with Crippen LogP contribution in [-0.4, -0.2) is 37.1 Å². The molecule has 1 heterocycles. The van der Waals surface area contributed by atoms with Gasteiger partial charge in [-0.2, -0.15) is 13.2 Å². The van der Waals surface area contributed by atoms with E-state index in [-0.39, 0.29) is 0 Å². The summed E-state index contributed by atoms with van der Waals surface area (Å²) in [5.74, 6) is 0. The highest BCUT2D eigenvalue weighted by Crippen LogP contribution is 2.33. The molecule has 0 aliphatic carbocycles. The Balaban J connectivity index is 2.16. The summed E-state index contributed by atoms with van der Waals surface area (Å²) in [6, 6.07) is 3.64. The average molecular weight is 289 g/mol. The Labute approximate surface area is 113 Å². The minimum atomic E-state index is -4.32. The molecule has 0 radical (unpaired) electrons. The third-order valence-corrected chi connectivity index (χ3v) is 3.54. The summed E-state index contributed by atoms with van der Waals surface area (Å²) in [6.07, 6.45) is -4.32. The summed E-state index contributed by atoms with van der Waals surface area (Å²) in [6.45, 7) is 1.54. The first-order valence-electron chi connectivity index (χ1n) is 5.72. The van der Waals surface area contributed by atoms with Crippen LogP contribution in [0.3, 0.4) is 0 Å². The van der Waals surface area contributed by atoms with Crippen LogP contribution in [0.2, 0.25) is 0 Å². The smallest absolute Gasteiger partial charge is 0.360 e. The lowest BCUT2D eigenvalue weighted by atomic mass is 10.2. The van der Waals surface area contributed by atoms with Crippen molar-refractivity contribution in [1.82, 2.24) is 9.88 Å². The van der Waals surface area contributed by atoms with Crippen LogP contribution in [0.15, 0.2) is 18.2 Å². The van der Waals surface area contributed by atoms with Crippen molar-refractivity contribution in [3.8, 4) is 0 Å². The maximum Gasteiger partial charge on any atom is 0.416 e. The fourth-order valence-electron chi connectivity index (χ4n) is 1.57. The number of anilines is 1. The molecule has 1 N–H and O–H groups in total. The molecular weight excluding hydrogens is 275 g/mol. The van der Waals surface area contributed by atoms with Gasteiger partial charge in [0.25, 0.3) is 0 Å². The molecule has 0 unspecified atom stereocenters. The first kappa shape index (κ1) is 14.1. The number of rotatable bonds is 4. The Kier molecular flexibility index (Phi) is 3.96. The Hall–Kier alpha value is -1.34. The zero-order chi connectivity index (χ0) is 14.0. The third-order valence-electron chi connectivity index (χ3n) is 2.55. The molecule has 104 valence electrons. The van der Waals surface area contributed by atoms with Gasteiger partial charge in [0.05, 0.1) is 15.8 Å². The number of nitrogens with zero attached hydrogens (tertiary/aromatic N) is 2. The zero-order valence-corrected chi connectivity index (χ0v) is 11.4. The molecule has 1 aromatic carbocycles. The van der Waals surface area contributed by atoms with Crippen LogP contribution < -0.4 is 5.32 Å². The number of thiazole rings is 1. The van der Waals surface area contributed by atoms with Gasteiger partial charge in [0.15, 0.2) is 5.13 Å². The predicted octanol–water partition coefficient (Wildman–Crippen LogP) is 3.29. The highest BCUT2D eigenvalue weighted by atomic mass is 32.1. The fraction of sp³-hybridized carbons (Fsp3) is 0.417. The SMILES string of the molecule is CN(C)CCNc1nc2cc(C(F)(F)F)ccc2s1. The van der Waals surface area contributed by atoms with E-state index in [2.05, 4.69) is 10.3 Å². The second kappa shape index (κ2) is 5.34. The summed E-state index contributed by atoms with van der Waals surface area (Å²) in [4.78, 5) is 6.19. The molecule has 1 aromatic heterocycles. The highest BCUT2D eigenvalue weighted by Gasteiger charge is 2.30. The Bertz CT molecular complexity index is 563. The quantitative estimate of drug-likeness (QED) is 0.936. The van der Waals surface area contributed by atoms with E-state index in [1.165, 1.54) is 17.4 Å². The number of hydrogen-bond donors (Lipinski definition) is 1. The molecule has 19 heavy (non-hydrogen) atoms. The number of benzene rings is 1. The second-order valence-corrected chi connectivity index (χ2v) is 5.46. The van der Waals surface area contributed by atoms with Crippen molar-refractivity contribution in [1.29, 1.82) is 0 Å². The fourth-order valence-corrected chi connectivity index (χ4v) is 2.44. The minimum absolute atomic E-state index is 0.382. The van der Waals surface area contributed by atoms with Gasteiger partial charge in [0.2, 0.25) is 0 Å². The van der Waals surface area contributed by atoms with Crippen molar-refractivity contribution in [3.63, 3.8) is 0 Å². The number of likely N-dealkylation sites (N-methyl/N-ethyl adjacent to an activating group) is 1. The van der Waals surface area contributed by atoms with Gasteiger partial charge in [-0.05, 0) is 32.3 Å². The Morgan fingerprint density at radius 2 is 2.05 bits per heavy atom. The van der Waals surface area contributed by atoms with Crippen molar-refractivity contribution < 1.29 is 13.2 Å². The summed E-state index contributed by atoms with van der Waals surface area (Å²) < 4.78 is 38.5. The molecule has 2 aromatic rings. The monoisotopic (exact) mass is 289 g/mol. The summed E-state index contributed by atoms with van der Waals surface area (Å²) in [5.41, 5.74) is -0.280. The van der Waals surface area contributed by atoms with Gasteiger partial charge in [0.1, 0.15) is 0 Å². The number of fused-ring (bicyclic) bond motifs is 1. The molecule has 0 bridgehead atoms. The van der Waals surface area contributed by atoms with Crippen LogP contribution in [0.1, 0.15) is 5.56 Å². The number of nitrogens with one attached hydrogen (secondary N) is 1. The molecule has 7 heteroatoms. The van der Waals surface area contributed by atoms with Gasteiger partial charge < -0.3 is 10.2 Å². The van der Waals surface area contributed by atoms with E-state index in [1.54, 1.807) is 0 Å². The molecule has 0 fully saturated rings. The van der Waals surface area contributed by atoms with Crippen LogP contribution in [0, 0.1) is 0 Å². The van der Waals surface area contributed by atoms with Gasteiger partial charge in [-0.3, -0.25) is 0 Å². The van der Waals surface area contributed by atoms with Crippen molar-refractivity contribution >= 4 is 26.7 Å². The number of alkyl halides is 3. The minimum Gasteiger partial charge on any atom is -0.360 e. The first-order valence-corrected chi connectivity index (χ1v) is 6.54. The molecule has 0 aliphatic rings. The number of halogens is 3. The molecule has 2 rings (SSSR count). The topological polar surface area (TPSA) is 28.2 Å². The summed E-state index contributed by atoms with van der Waals surface area (Å²) in [5, 5.41) is 3.76. The maximum atomic E-state index is 12.6. The van der Waals surface area contributed by atoms with Crippen molar-refractivity contribution in [3.05, 3.63) is 23.8 Å². The van der Waals surface area contributed by atoms with Crippen LogP contribution in [-0.2, 0) is 6.18 Å². The van der Waals surface area contributed by atoms with Crippen molar-refractivity contribution in [2.45, 2.75) is 6.18 Å². The molecule has 3 nitrogen and oxygen atoms in total. The Morgan fingerprint density at radius 3 is 2.68 bits per heavy atom. The van der Waals surface area contributed by atoms with E-state index in [4.69, 9.17) is 0 Å². The Morgan fingerprint density at radius 1 is 1.32 bits per heavy atom. The van der Waals surface area contributed by atoms with Crippen LogP contribution >= 0.6 is 11.3 Å². The predicted molar refractivity (Wildman–Crippen MR) is 71.7 cm³/mol. The number of hydrogen-bond acceptors (Lipinski definition) is 4. The van der Waals surface area contributed by atoms with Crippen molar-refractivity contribution in [2.75, 3.05) is 32.5 Å². The summed E-state index contributed by atoms with van der Waals surface area (Å²) >= 11 is 1.36. The highest BCUT2D eigenvalue weighted by molar-refractivity contribution is 7.22. The van der Waals surface area contributed by atoms with E-state index >= 15 is 0 Å². The van der Waals surface area contributed by atoms with Gasteiger partial charge in [-0.1, -0.05) is 11.3 Å². The normalized spacial score (nSPS) is 12.3.